The van der Waals surface area contributed by atoms with Crippen molar-refractivity contribution in [2.45, 2.75) is 13.5 Å². The van der Waals surface area contributed by atoms with Crippen molar-refractivity contribution in [1.29, 1.82) is 0 Å². The molecule has 17 heavy (non-hydrogen) atoms. The van der Waals surface area contributed by atoms with Crippen molar-refractivity contribution in [2.24, 2.45) is 7.05 Å². The molecule has 0 amide bonds. The minimum atomic E-state index is 0.865. The fraction of sp³-hybridized carbons (Fsp3) is 0.214. The van der Waals surface area contributed by atoms with Crippen LogP contribution >= 0.6 is 0 Å². The molecule has 0 saturated heterocycles. The number of rotatable bonds is 2. The van der Waals surface area contributed by atoms with E-state index < -0.39 is 0 Å². The van der Waals surface area contributed by atoms with Gasteiger partial charge in [-0.15, -0.1) is 0 Å². The summed E-state index contributed by atoms with van der Waals surface area (Å²) in [5, 5.41) is 1.29. The fourth-order valence-electron chi connectivity index (χ4n) is 2.14. The normalized spacial score (nSPS) is 11.2. The molecule has 3 aromatic rings. The summed E-state index contributed by atoms with van der Waals surface area (Å²) in [5.74, 6) is 0. The van der Waals surface area contributed by atoms with Crippen molar-refractivity contribution in [2.75, 3.05) is 0 Å². The fourth-order valence-corrected chi connectivity index (χ4v) is 2.14. The first-order valence-corrected chi connectivity index (χ1v) is 5.75. The Labute approximate surface area is 100 Å². The van der Waals surface area contributed by atoms with E-state index in [9.17, 15) is 0 Å². The number of aryl methyl sites for hydroxylation is 2. The molecule has 3 nitrogen and oxygen atoms in total. The van der Waals surface area contributed by atoms with E-state index >= 15 is 0 Å². The molecule has 0 saturated carbocycles. The van der Waals surface area contributed by atoms with Crippen LogP contribution in [0.1, 0.15) is 11.3 Å². The molecule has 3 heteroatoms. The molecule has 2 heterocycles. The third kappa shape index (κ3) is 1.73. The number of hydrogen-bond acceptors (Lipinski definition) is 1. The first-order chi connectivity index (χ1) is 8.24. The highest BCUT2D eigenvalue weighted by Crippen LogP contribution is 2.18. The molecule has 0 aliphatic rings. The summed E-state index contributed by atoms with van der Waals surface area (Å²) in [4.78, 5) is 4.15. The van der Waals surface area contributed by atoms with Crippen molar-refractivity contribution in [3.05, 3.63) is 54.2 Å². The Kier molecular flexibility index (Phi) is 2.25. The average Bonchev–Trinajstić information content (AvgIpc) is 2.88. The third-order valence-electron chi connectivity index (χ3n) is 3.18. The topological polar surface area (TPSA) is 22.8 Å². The van der Waals surface area contributed by atoms with E-state index in [0.717, 1.165) is 6.54 Å². The lowest BCUT2D eigenvalue weighted by Gasteiger charge is -2.06. The maximum atomic E-state index is 4.15. The van der Waals surface area contributed by atoms with Crippen LogP contribution in [-0.4, -0.2) is 14.1 Å². The summed E-state index contributed by atoms with van der Waals surface area (Å²) in [6, 6.07) is 8.71. The number of imidazole rings is 1. The second kappa shape index (κ2) is 3.77. The van der Waals surface area contributed by atoms with Crippen LogP contribution in [0.3, 0.4) is 0 Å². The van der Waals surface area contributed by atoms with Crippen LogP contribution in [0.2, 0.25) is 0 Å². The molecule has 1 aromatic carbocycles. The number of nitrogens with zero attached hydrogens (tertiary/aromatic N) is 3. The average molecular weight is 225 g/mol. The van der Waals surface area contributed by atoms with Crippen molar-refractivity contribution >= 4 is 10.9 Å². The summed E-state index contributed by atoms with van der Waals surface area (Å²) in [5.41, 5.74) is 3.79. The minimum Gasteiger partial charge on any atom is -0.341 e. The van der Waals surface area contributed by atoms with Gasteiger partial charge in [0.05, 0.1) is 18.6 Å². The molecule has 0 bridgehead atoms. The molecule has 86 valence electrons. The van der Waals surface area contributed by atoms with E-state index in [4.69, 9.17) is 0 Å². The van der Waals surface area contributed by atoms with Gasteiger partial charge in [0.1, 0.15) is 0 Å². The standard InChI is InChI=1S/C14H15N3/c1-11-3-4-12-5-6-17(14(12)7-11)9-13-8-15-10-16(13)2/h3-8,10H,9H2,1-2H3. The molecule has 0 atom stereocenters. The van der Waals surface area contributed by atoms with Crippen LogP contribution in [0.5, 0.6) is 0 Å². The van der Waals surface area contributed by atoms with Crippen LogP contribution in [0.25, 0.3) is 10.9 Å². The highest BCUT2D eigenvalue weighted by molar-refractivity contribution is 5.80. The predicted molar refractivity (Wildman–Crippen MR) is 69.0 cm³/mol. The number of hydrogen-bond donors (Lipinski definition) is 0. The zero-order chi connectivity index (χ0) is 11.8. The SMILES string of the molecule is Cc1ccc2ccn(Cc3cncn3C)c2c1. The molecule has 0 aliphatic heterocycles. The van der Waals surface area contributed by atoms with Crippen molar-refractivity contribution in [3.8, 4) is 0 Å². The van der Waals surface area contributed by atoms with Gasteiger partial charge in [-0.25, -0.2) is 4.98 Å². The van der Waals surface area contributed by atoms with E-state index in [1.807, 2.05) is 19.6 Å². The molecular weight excluding hydrogens is 210 g/mol. The number of fused-ring (bicyclic) bond motifs is 1. The van der Waals surface area contributed by atoms with Crippen LogP contribution in [0, 0.1) is 6.92 Å². The van der Waals surface area contributed by atoms with Gasteiger partial charge in [0.15, 0.2) is 0 Å². The Morgan fingerprint density at radius 3 is 2.88 bits per heavy atom. The van der Waals surface area contributed by atoms with Crippen LogP contribution in [0.4, 0.5) is 0 Å². The van der Waals surface area contributed by atoms with Gasteiger partial charge < -0.3 is 9.13 Å². The molecule has 0 fully saturated rings. The Morgan fingerprint density at radius 1 is 1.24 bits per heavy atom. The van der Waals surface area contributed by atoms with Crippen LogP contribution < -0.4 is 0 Å². The smallest absolute Gasteiger partial charge is 0.0946 e. The van der Waals surface area contributed by atoms with E-state index in [2.05, 4.69) is 51.5 Å². The third-order valence-corrected chi connectivity index (χ3v) is 3.18. The largest absolute Gasteiger partial charge is 0.341 e. The first-order valence-electron chi connectivity index (χ1n) is 5.75. The summed E-state index contributed by atoms with van der Waals surface area (Å²) in [7, 11) is 2.03. The Hall–Kier alpha value is -2.03. The quantitative estimate of drug-likeness (QED) is 0.657. The van der Waals surface area contributed by atoms with Gasteiger partial charge in [0.2, 0.25) is 0 Å². The second-order valence-electron chi connectivity index (χ2n) is 4.50. The van der Waals surface area contributed by atoms with Gasteiger partial charge >= 0.3 is 0 Å². The first kappa shape index (κ1) is 10.1. The molecule has 2 aromatic heterocycles. The van der Waals surface area contributed by atoms with Gasteiger partial charge in [0, 0.05) is 25.0 Å². The highest BCUT2D eigenvalue weighted by Gasteiger charge is 2.04. The van der Waals surface area contributed by atoms with E-state index in [1.165, 1.54) is 22.2 Å². The zero-order valence-electron chi connectivity index (χ0n) is 10.1. The Bertz CT molecular complexity index is 661. The van der Waals surface area contributed by atoms with Crippen LogP contribution in [0.15, 0.2) is 43.0 Å². The molecule has 0 unspecified atom stereocenters. The summed E-state index contributed by atoms with van der Waals surface area (Å²) in [6.45, 7) is 2.99. The molecule has 0 radical (unpaired) electrons. The van der Waals surface area contributed by atoms with Gasteiger partial charge in [-0.05, 0) is 30.0 Å². The van der Waals surface area contributed by atoms with E-state index in [0.29, 0.717) is 0 Å². The molecule has 0 N–H and O–H groups in total. The van der Waals surface area contributed by atoms with Gasteiger partial charge in [-0.2, -0.15) is 0 Å². The predicted octanol–water partition coefficient (Wildman–Crippen LogP) is 2.73. The lowest BCUT2D eigenvalue weighted by Crippen LogP contribution is -2.02. The number of benzene rings is 1. The number of aromatic nitrogens is 3. The summed E-state index contributed by atoms with van der Waals surface area (Å²) in [6.07, 6.45) is 5.89. The van der Waals surface area contributed by atoms with Crippen molar-refractivity contribution in [3.63, 3.8) is 0 Å². The monoisotopic (exact) mass is 225 g/mol. The van der Waals surface area contributed by atoms with Gasteiger partial charge in [0.25, 0.3) is 0 Å². The molecule has 0 aliphatic carbocycles. The highest BCUT2D eigenvalue weighted by atomic mass is 15.1. The summed E-state index contributed by atoms with van der Waals surface area (Å²) >= 11 is 0. The van der Waals surface area contributed by atoms with Crippen molar-refractivity contribution < 1.29 is 0 Å². The zero-order valence-corrected chi connectivity index (χ0v) is 10.1. The second-order valence-corrected chi connectivity index (χ2v) is 4.50. The maximum absolute atomic E-state index is 4.15. The summed E-state index contributed by atoms with van der Waals surface area (Å²) < 4.78 is 4.32. The molecular formula is C14H15N3. The Balaban J connectivity index is 2.06. The lowest BCUT2D eigenvalue weighted by atomic mass is 10.2. The van der Waals surface area contributed by atoms with Gasteiger partial charge in [-0.1, -0.05) is 12.1 Å². The van der Waals surface area contributed by atoms with E-state index in [-0.39, 0.29) is 0 Å². The van der Waals surface area contributed by atoms with Gasteiger partial charge in [-0.3, -0.25) is 0 Å². The van der Waals surface area contributed by atoms with Crippen LogP contribution in [-0.2, 0) is 13.6 Å². The van der Waals surface area contributed by atoms with Crippen molar-refractivity contribution in [1.82, 2.24) is 14.1 Å². The molecule has 3 rings (SSSR count). The maximum Gasteiger partial charge on any atom is 0.0946 e. The lowest BCUT2D eigenvalue weighted by molar-refractivity contribution is 0.743. The Morgan fingerprint density at radius 2 is 2.12 bits per heavy atom. The van der Waals surface area contributed by atoms with E-state index in [1.54, 1.807) is 0 Å². The minimum absolute atomic E-state index is 0.865. The molecule has 0 spiro atoms.